The molecular weight excluding hydrogens is 302 g/mol. The Morgan fingerprint density at radius 1 is 1.12 bits per heavy atom. The number of pyridine rings is 1. The molecule has 2 amide bonds. The van der Waals surface area contributed by atoms with E-state index in [1.807, 2.05) is 35.2 Å². The number of nitrogens with zero attached hydrogens (tertiary/aromatic N) is 2. The summed E-state index contributed by atoms with van der Waals surface area (Å²) in [5, 5.41) is 3.69. The van der Waals surface area contributed by atoms with Crippen LogP contribution in [0.1, 0.15) is 24.8 Å². The maximum atomic E-state index is 12.0. The van der Waals surface area contributed by atoms with Crippen LogP contribution >= 0.6 is 0 Å². The molecule has 0 saturated carbocycles. The lowest BCUT2D eigenvalue weighted by Crippen LogP contribution is -2.42. The monoisotopic (exact) mass is 323 g/mol. The normalized spacial score (nSPS) is 14.9. The van der Waals surface area contributed by atoms with Crippen LogP contribution in [0.3, 0.4) is 0 Å². The predicted octanol–water partition coefficient (Wildman–Crippen LogP) is 2.38. The van der Waals surface area contributed by atoms with Crippen molar-refractivity contribution in [1.82, 2.24) is 15.2 Å². The van der Waals surface area contributed by atoms with Crippen molar-refractivity contribution in [3.05, 3.63) is 48.2 Å². The van der Waals surface area contributed by atoms with Crippen LogP contribution in [0.4, 0.5) is 0 Å². The topological polar surface area (TPSA) is 62.3 Å². The van der Waals surface area contributed by atoms with E-state index in [1.54, 1.807) is 12.3 Å². The fourth-order valence-electron chi connectivity index (χ4n) is 2.90. The molecule has 24 heavy (non-hydrogen) atoms. The zero-order valence-electron chi connectivity index (χ0n) is 13.6. The van der Waals surface area contributed by atoms with E-state index in [0.717, 1.165) is 42.4 Å². The number of hydrogen-bond donors (Lipinski definition) is 1. The average molecular weight is 323 g/mol. The van der Waals surface area contributed by atoms with Gasteiger partial charge in [-0.15, -0.1) is 0 Å². The highest BCUT2D eigenvalue weighted by Gasteiger charge is 2.16. The van der Waals surface area contributed by atoms with Crippen molar-refractivity contribution in [2.45, 2.75) is 19.3 Å². The predicted molar refractivity (Wildman–Crippen MR) is 94.2 cm³/mol. The van der Waals surface area contributed by atoms with E-state index in [1.165, 1.54) is 12.5 Å². The second-order valence-electron chi connectivity index (χ2n) is 5.91. The number of piperidine rings is 1. The van der Waals surface area contributed by atoms with Crippen molar-refractivity contribution in [3.63, 3.8) is 0 Å². The number of carbonyl (C=O) groups is 2. The zero-order chi connectivity index (χ0) is 16.8. The summed E-state index contributed by atoms with van der Waals surface area (Å²) in [7, 11) is 0. The van der Waals surface area contributed by atoms with Crippen molar-refractivity contribution in [1.29, 1.82) is 0 Å². The molecule has 5 heteroatoms. The maximum Gasteiger partial charge on any atom is 0.244 e. The SMILES string of the molecule is O=C(/C=C/c1cccc2cccnc12)NCC(=O)N1CCCCC1. The van der Waals surface area contributed by atoms with Gasteiger partial charge >= 0.3 is 0 Å². The summed E-state index contributed by atoms with van der Waals surface area (Å²) in [6, 6.07) is 9.70. The maximum absolute atomic E-state index is 12.0. The van der Waals surface area contributed by atoms with Gasteiger partial charge in [-0.05, 0) is 31.4 Å². The molecule has 0 atom stereocenters. The second-order valence-corrected chi connectivity index (χ2v) is 5.91. The summed E-state index contributed by atoms with van der Waals surface area (Å²) >= 11 is 0. The number of amides is 2. The minimum absolute atomic E-state index is 0.0109. The van der Waals surface area contributed by atoms with Crippen LogP contribution in [0.2, 0.25) is 0 Å². The number of para-hydroxylation sites is 1. The van der Waals surface area contributed by atoms with Gasteiger partial charge in [0, 0.05) is 36.3 Å². The molecule has 0 radical (unpaired) electrons. The van der Waals surface area contributed by atoms with Gasteiger partial charge < -0.3 is 10.2 Å². The van der Waals surface area contributed by atoms with Crippen molar-refractivity contribution in [2.75, 3.05) is 19.6 Å². The highest BCUT2D eigenvalue weighted by Crippen LogP contribution is 2.17. The van der Waals surface area contributed by atoms with E-state index in [9.17, 15) is 9.59 Å². The summed E-state index contributed by atoms with van der Waals surface area (Å²) in [4.78, 5) is 30.2. The summed E-state index contributed by atoms with van der Waals surface area (Å²) in [6.45, 7) is 1.65. The molecule has 0 aliphatic carbocycles. The molecule has 0 bridgehead atoms. The number of benzene rings is 1. The van der Waals surface area contributed by atoms with Gasteiger partial charge in [-0.25, -0.2) is 0 Å². The van der Waals surface area contributed by atoms with E-state index in [4.69, 9.17) is 0 Å². The molecule has 1 aromatic carbocycles. The van der Waals surface area contributed by atoms with E-state index >= 15 is 0 Å². The lowest BCUT2D eigenvalue weighted by Gasteiger charge is -2.26. The van der Waals surface area contributed by atoms with Gasteiger partial charge in [0.15, 0.2) is 0 Å². The van der Waals surface area contributed by atoms with Gasteiger partial charge in [0.2, 0.25) is 11.8 Å². The molecule has 1 saturated heterocycles. The van der Waals surface area contributed by atoms with E-state index in [0.29, 0.717) is 0 Å². The van der Waals surface area contributed by atoms with Crippen LogP contribution in [-0.2, 0) is 9.59 Å². The third-order valence-corrected chi connectivity index (χ3v) is 4.20. The molecule has 1 aromatic heterocycles. The van der Waals surface area contributed by atoms with E-state index < -0.39 is 0 Å². The summed E-state index contributed by atoms with van der Waals surface area (Å²) < 4.78 is 0. The largest absolute Gasteiger partial charge is 0.343 e. The third-order valence-electron chi connectivity index (χ3n) is 4.20. The summed E-state index contributed by atoms with van der Waals surface area (Å²) in [5.74, 6) is -0.281. The van der Waals surface area contributed by atoms with Gasteiger partial charge in [0.1, 0.15) is 0 Å². The minimum atomic E-state index is -0.270. The van der Waals surface area contributed by atoms with Crippen LogP contribution in [0.15, 0.2) is 42.6 Å². The molecule has 0 spiro atoms. The molecule has 1 N–H and O–H groups in total. The number of carbonyl (C=O) groups excluding carboxylic acids is 2. The van der Waals surface area contributed by atoms with Gasteiger partial charge in [0.25, 0.3) is 0 Å². The Morgan fingerprint density at radius 2 is 1.92 bits per heavy atom. The Morgan fingerprint density at radius 3 is 2.75 bits per heavy atom. The van der Waals surface area contributed by atoms with E-state index in [2.05, 4.69) is 10.3 Å². The quantitative estimate of drug-likeness (QED) is 0.879. The molecular formula is C19H21N3O2. The first kappa shape index (κ1) is 16.2. The standard InChI is InChI=1S/C19H21N3O2/c23-17(21-14-18(24)22-12-2-1-3-13-22)10-9-16-7-4-6-15-8-5-11-20-19(15)16/h4-11H,1-3,12-14H2,(H,21,23)/b10-9+. The van der Waals surface area contributed by atoms with E-state index in [-0.39, 0.29) is 18.4 Å². The molecule has 5 nitrogen and oxygen atoms in total. The first-order chi connectivity index (χ1) is 11.7. The highest BCUT2D eigenvalue weighted by atomic mass is 16.2. The molecule has 2 heterocycles. The smallest absolute Gasteiger partial charge is 0.244 e. The van der Waals surface area contributed by atoms with Crippen LogP contribution in [0.5, 0.6) is 0 Å². The van der Waals surface area contributed by atoms with Crippen LogP contribution < -0.4 is 5.32 Å². The number of nitrogens with one attached hydrogen (secondary N) is 1. The Labute approximate surface area is 141 Å². The van der Waals surface area contributed by atoms with Gasteiger partial charge in [-0.1, -0.05) is 24.3 Å². The van der Waals surface area contributed by atoms with Gasteiger partial charge in [0.05, 0.1) is 12.1 Å². The molecule has 0 unspecified atom stereocenters. The molecule has 1 aliphatic heterocycles. The molecule has 124 valence electrons. The first-order valence-corrected chi connectivity index (χ1v) is 8.31. The van der Waals surface area contributed by atoms with Gasteiger partial charge in [-0.2, -0.15) is 0 Å². The Kier molecular flexibility index (Phi) is 5.21. The summed E-state index contributed by atoms with van der Waals surface area (Å²) in [6.07, 6.45) is 8.19. The molecule has 1 fully saturated rings. The van der Waals surface area contributed by atoms with Crippen LogP contribution in [-0.4, -0.2) is 41.3 Å². The Bertz CT molecular complexity index is 759. The Balaban J connectivity index is 1.58. The number of likely N-dealkylation sites (tertiary alicyclic amines) is 1. The lowest BCUT2D eigenvalue weighted by molar-refractivity contribution is -0.132. The van der Waals surface area contributed by atoms with Crippen LogP contribution in [0, 0.1) is 0 Å². The zero-order valence-corrected chi connectivity index (χ0v) is 13.6. The summed E-state index contributed by atoms with van der Waals surface area (Å²) in [5.41, 5.74) is 1.74. The van der Waals surface area contributed by atoms with Crippen molar-refractivity contribution < 1.29 is 9.59 Å². The Hall–Kier alpha value is -2.69. The van der Waals surface area contributed by atoms with Gasteiger partial charge in [-0.3, -0.25) is 14.6 Å². The fraction of sp³-hybridized carbons (Fsp3) is 0.316. The minimum Gasteiger partial charge on any atom is -0.343 e. The van der Waals surface area contributed by atoms with Crippen LogP contribution in [0.25, 0.3) is 17.0 Å². The molecule has 1 aliphatic rings. The average Bonchev–Trinajstić information content (AvgIpc) is 2.65. The van der Waals surface area contributed by atoms with Crippen molar-refractivity contribution >= 4 is 28.8 Å². The molecule has 2 aromatic rings. The van der Waals surface area contributed by atoms with Crippen molar-refractivity contribution in [2.24, 2.45) is 0 Å². The number of hydrogen-bond acceptors (Lipinski definition) is 3. The number of fused-ring (bicyclic) bond motifs is 1. The highest BCUT2D eigenvalue weighted by molar-refractivity contribution is 5.96. The second kappa shape index (κ2) is 7.73. The number of aromatic nitrogens is 1. The lowest BCUT2D eigenvalue weighted by atomic mass is 10.1. The third kappa shape index (κ3) is 3.98. The fourth-order valence-corrected chi connectivity index (χ4v) is 2.90. The first-order valence-electron chi connectivity index (χ1n) is 8.31. The molecule has 3 rings (SSSR count). The van der Waals surface area contributed by atoms with Crippen molar-refractivity contribution in [3.8, 4) is 0 Å². The number of rotatable bonds is 4.